The van der Waals surface area contributed by atoms with Crippen LogP contribution in [0.25, 0.3) is 87.5 Å². The molecule has 0 spiro atoms. The number of benzene rings is 8. The lowest BCUT2D eigenvalue weighted by Gasteiger charge is -2.18. The minimum atomic E-state index is -0.724. The van der Waals surface area contributed by atoms with Crippen LogP contribution in [0.5, 0.6) is 40.2 Å². The Morgan fingerprint density at radius 2 is 0.741 bits per heavy atom. The van der Waals surface area contributed by atoms with Gasteiger partial charge in [0, 0.05) is 76.3 Å². The number of methoxy groups -OCH3 is 3. The topological polar surface area (TPSA) is 317 Å². The van der Waals surface area contributed by atoms with Crippen molar-refractivity contribution in [2.24, 2.45) is 0 Å². The molecule has 1 fully saturated rings. The summed E-state index contributed by atoms with van der Waals surface area (Å²) in [6.45, 7) is 8.71. The molecule has 4 N–H and O–H groups in total. The van der Waals surface area contributed by atoms with Gasteiger partial charge in [-0.15, -0.1) is 0 Å². The van der Waals surface area contributed by atoms with Gasteiger partial charge < -0.3 is 70.6 Å². The average molecular weight is 1720 g/mol. The Morgan fingerprint density at radius 1 is 0.405 bits per heavy atom. The van der Waals surface area contributed by atoms with Gasteiger partial charge in [0.1, 0.15) is 58.4 Å². The molecular formula is C87H70BrClN4O19S4. The van der Waals surface area contributed by atoms with Crippen molar-refractivity contribution >= 4 is 162 Å². The Kier molecular flexibility index (Phi) is 23.9. The van der Waals surface area contributed by atoms with E-state index in [1.165, 1.54) is 23.4 Å². The molecular weight excluding hydrogens is 1650 g/mol. The van der Waals surface area contributed by atoms with E-state index in [1.807, 2.05) is 107 Å². The van der Waals surface area contributed by atoms with E-state index in [1.54, 1.807) is 119 Å². The first-order chi connectivity index (χ1) is 56.0. The molecule has 0 aliphatic heterocycles. The van der Waals surface area contributed by atoms with Crippen LogP contribution in [-0.2, 0) is 19.6 Å². The quantitative estimate of drug-likeness (QED) is 0.0693. The van der Waals surface area contributed by atoms with Gasteiger partial charge >= 0.3 is 22.5 Å². The molecule has 0 unspecified atom stereocenters. The number of aromatic hydroxyl groups is 4. The summed E-state index contributed by atoms with van der Waals surface area (Å²) in [7, 11) is 4.61. The summed E-state index contributed by atoms with van der Waals surface area (Å²) >= 11 is 13.6. The monoisotopic (exact) mass is 1720 g/mol. The molecule has 1 saturated carbocycles. The molecule has 116 heavy (non-hydrogen) atoms. The normalized spacial score (nSPS) is 12.1. The number of ether oxygens (including phenoxy) is 3. The largest absolute Gasteiger partial charge is 0.505 e. The summed E-state index contributed by atoms with van der Waals surface area (Å²) in [6.07, 6.45) is 3.96. The van der Waals surface area contributed by atoms with Crippen molar-refractivity contribution in [3.05, 3.63) is 280 Å². The molecule has 1 aliphatic rings. The summed E-state index contributed by atoms with van der Waals surface area (Å²) in [5, 5.41) is 46.6. The number of rotatable bonds is 15. The summed E-state index contributed by atoms with van der Waals surface area (Å²) < 4.78 is 45.1. The summed E-state index contributed by atoms with van der Waals surface area (Å²) in [5.74, 6) is 0.339. The molecule has 590 valence electrons. The van der Waals surface area contributed by atoms with Gasteiger partial charge in [-0.25, -0.2) is 19.2 Å². The fraction of sp³-hybridized carbons (Fsp3) is 0.172. The molecule has 23 nitrogen and oxygen atoms in total. The van der Waals surface area contributed by atoms with E-state index in [-0.39, 0.29) is 104 Å². The smallest absolute Gasteiger partial charge is 0.354 e. The van der Waals surface area contributed by atoms with Crippen molar-refractivity contribution in [3.8, 4) is 40.2 Å². The lowest BCUT2D eigenvalue weighted by atomic mass is 10.1. The van der Waals surface area contributed by atoms with Crippen molar-refractivity contribution in [1.29, 1.82) is 0 Å². The molecule has 0 amide bonds. The molecule has 17 rings (SSSR count). The maximum absolute atomic E-state index is 13.5. The van der Waals surface area contributed by atoms with Crippen molar-refractivity contribution in [2.75, 3.05) is 21.3 Å². The van der Waals surface area contributed by atoms with Crippen molar-refractivity contribution in [3.63, 3.8) is 0 Å². The van der Waals surface area contributed by atoms with Gasteiger partial charge in [0.15, 0.2) is 45.3 Å². The first-order valence-electron chi connectivity index (χ1n) is 36.4. The van der Waals surface area contributed by atoms with Crippen LogP contribution in [0.3, 0.4) is 0 Å². The molecule has 29 heteroatoms. The molecule has 8 heterocycles. The predicted octanol–water partition coefficient (Wildman–Crippen LogP) is 18.8. The SMILES string of the molecule is CCn1c(=O)c2c(O)c(Sc3ccc(C)cc3)c(=O)oc2c2cc(OC)ccc21.CCn1c(=O)c2c(O)c(Sc3ccc(OC)cc3)c(=O)oc2c2cc(OC)ccc21.CCn1c(=O)c2c(O)c(Sc3ccccc3Br)c(=O)oc2c2ccccc21.O=c1oc2c(c(O)c1Sc1ccc(Cl)cc1)c(=O)n(C1CCCC1)c1ccccc21. The molecule has 16 aromatic rings. The maximum Gasteiger partial charge on any atom is 0.354 e. The van der Waals surface area contributed by atoms with E-state index >= 15 is 0 Å². The zero-order valence-electron chi connectivity index (χ0n) is 62.9. The number of nitrogens with zero attached hydrogens (tertiary/aromatic N) is 4. The Morgan fingerprint density at radius 3 is 1.16 bits per heavy atom. The Balaban J connectivity index is 0.000000128. The summed E-state index contributed by atoms with van der Waals surface area (Å²) in [5.41, 5.74) is -0.326. The highest BCUT2D eigenvalue weighted by Gasteiger charge is 2.30. The number of para-hydroxylation sites is 2. The Bertz CT molecular complexity index is 7120. The van der Waals surface area contributed by atoms with Crippen LogP contribution in [0, 0.1) is 6.92 Å². The standard InChI is InChI=1S/C23H18ClNO4S.C22H19NO6S.C22H19NO5S.C20H14BrNO4S/c24-13-9-11-15(12-10-13)30-21-19(26)18-20(29-23(21)28)16-7-3-4-8-17(16)25(22(18)27)14-5-1-2-6-14;1-4-23-16-10-7-13(28-3)11-15(16)19-17(21(23)25)18(24)20(22(26)29-19)30-14-8-5-12(27-2)6-9-14;1-4-23-16-10-7-13(27-3)11-15(16)19-17(21(23)25)18(24)20(22(26)28-19)29-14-8-5-12(2)6-9-14;1-2-22-13-9-5-3-7-11(13)17-15(19(22)24)16(23)18(20(25)26-17)27-14-10-6-4-8-12(14)21/h3-4,7-12,14,26H,1-2,5-6H2;5-11,24H,4H2,1-3H3;5-11,24H,4H2,1-3H3;3-10,23H,2H2,1H3. The molecule has 8 aromatic heterocycles. The van der Waals surface area contributed by atoms with Gasteiger partial charge in [-0.1, -0.05) is 126 Å². The highest BCUT2D eigenvalue weighted by Crippen LogP contribution is 2.44. The fourth-order valence-corrected chi connectivity index (χ4v) is 18.0. The Hall–Kier alpha value is -11.8. The van der Waals surface area contributed by atoms with Crippen LogP contribution in [-0.4, -0.2) is 60.0 Å². The van der Waals surface area contributed by atoms with Gasteiger partial charge in [-0.05, 0) is 190 Å². The highest BCUT2D eigenvalue weighted by molar-refractivity contribution is 9.10. The zero-order valence-corrected chi connectivity index (χ0v) is 68.5. The molecule has 0 saturated heterocycles. The number of halogens is 2. The summed E-state index contributed by atoms with van der Waals surface area (Å²) in [6, 6.07) is 53.6. The van der Waals surface area contributed by atoms with Gasteiger partial charge in [-0.2, -0.15) is 0 Å². The summed E-state index contributed by atoms with van der Waals surface area (Å²) in [4.78, 5) is 106. The molecule has 1 aliphatic carbocycles. The highest BCUT2D eigenvalue weighted by atomic mass is 79.9. The van der Waals surface area contributed by atoms with Crippen LogP contribution in [0.1, 0.15) is 58.1 Å². The average Bonchev–Trinajstić information content (AvgIpc) is 0.828. The second-order valence-corrected chi connectivity index (χ2v) is 32.0. The van der Waals surface area contributed by atoms with Gasteiger partial charge in [0.2, 0.25) is 0 Å². The number of aromatic nitrogens is 4. The Labute approximate surface area is 687 Å². The van der Waals surface area contributed by atoms with Crippen molar-refractivity contribution in [1.82, 2.24) is 18.3 Å². The molecule has 0 atom stereocenters. The third-order valence-corrected chi connectivity index (χ3v) is 25.2. The predicted molar refractivity (Wildman–Crippen MR) is 458 cm³/mol. The minimum Gasteiger partial charge on any atom is -0.505 e. The van der Waals surface area contributed by atoms with Crippen LogP contribution in [0.15, 0.2) is 282 Å². The lowest BCUT2D eigenvalue weighted by Crippen LogP contribution is -2.25. The van der Waals surface area contributed by atoms with E-state index in [2.05, 4.69) is 15.9 Å². The molecule has 0 radical (unpaired) electrons. The fourth-order valence-electron chi connectivity index (χ4n) is 14.0. The van der Waals surface area contributed by atoms with Crippen LogP contribution in [0.4, 0.5) is 0 Å². The first-order valence-corrected chi connectivity index (χ1v) is 40.8. The van der Waals surface area contributed by atoms with Crippen molar-refractivity contribution < 1.29 is 52.3 Å². The second-order valence-electron chi connectivity index (χ2n) is 26.4. The van der Waals surface area contributed by atoms with Crippen LogP contribution in [0.2, 0.25) is 5.02 Å². The first kappa shape index (κ1) is 80.8. The van der Waals surface area contributed by atoms with Crippen molar-refractivity contribution in [2.45, 2.75) is 118 Å². The molecule has 0 bridgehead atoms. The van der Waals surface area contributed by atoms with E-state index in [9.17, 15) is 58.8 Å². The number of fused-ring (bicyclic) bond motifs is 12. The second kappa shape index (κ2) is 34.3. The van der Waals surface area contributed by atoms with E-state index < -0.39 is 33.6 Å². The number of aryl methyl sites for hydroxylation is 4. The van der Waals surface area contributed by atoms with Crippen LogP contribution < -0.4 is 59.0 Å². The van der Waals surface area contributed by atoms with Crippen LogP contribution >= 0.6 is 74.6 Å². The molecule has 8 aromatic carbocycles. The number of hydrogen-bond donors (Lipinski definition) is 4. The minimum absolute atomic E-state index is 0.00447. The zero-order chi connectivity index (χ0) is 82.1. The van der Waals surface area contributed by atoms with E-state index in [0.717, 1.165) is 98.1 Å². The number of pyridine rings is 4. The van der Waals surface area contributed by atoms with Gasteiger partial charge in [0.25, 0.3) is 22.2 Å². The number of hydrogen-bond acceptors (Lipinski definition) is 23. The maximum atomic E-state index is 13.5. The van der Waals surface area contributed by atoms with Gasteiger partial charge in [-0.3, -0.25) is 19.2 Å². The van der Waals surface area contributed by atoms with Gasteiger partial charge in [0.05, 0.1) is 43.4 Å². The third kappa shape index (κ3) is 15.5. The lowest BCUT2D eigenvalue weighted by molar-refractivity contribution is 0.414. The van der Waals surface area contributed by atoms with E-state index in [0.29, 0.717) is 89.8 Å². The third-order valence-electron chi connectivity index (χ3n) is 19.6. The van der Waals surface area contributed by atoms with E-state index in [4.69, 9.17) is 43.5 Å².